The predicted octanol–water partition coefficient (Wildman–Crippen LogP) is 2.14. The smallest absolute Gasteiger partial charge is 0.355 e. The lowest BCUT2D eigenvalue weighted by Crippen LogP contribution is -2.27. The second kappa shape index (κ2) is 7.10. The molecule has 7 nitrogen and oxygen atoms in total. The van der Waals surface area contributed by atoms with Crippen LogP contribution in [0.1, 0.15) is 32.1 Å². The van der Waals surface area contributed by atoms with Crippen LogP contribution >= 0.6 is 0 Å². The van der Waals surface area contributed by atoms with Gasteiger partial charge in [0.25, 0.3) is 0 Å². The van der Waals surface area contributed by atoms with Gasteiger partial charge in [-0.2, -0.15) is 0 Å². The maximum absolute atomic E-state index is 12.8. The Bertz CT molecular complexity index is 924. The Balaban J connectivity index is 2.17. The topological polar surface area (TPSA) is 102 Å². The number of carbonyl (C=O) groups is 2. The Hall–Kier alpha value is -3.61. The molecular formula is C19H16N2O5. The number of nitrogens with zero attached hydrogens (tertiary/aromatic N) is 2. The standard InChI is InChI=1S/C19H16N2O5/c22-17(23)15-16(18(24)25)21(12-14-9-5-2-6-10-14)19(26)20(15)11-13-7-3-1-4-8-13/h1-10H,11-12H2,(H,22,23)(H,24,25). The lowest BCUT2D eigenvalue weighted by molar-refractivity contribution is 0.0637. The monoisotopic (exact) mass is 352 g/mol. The Labute approximate surface area is 148 Å². The first-order valence-electron chi connectivity index (χ1n) is 7.86. The van der Waals surface area contributed by atoms with Crippen LogP contribution in [-0.4, -0.2) is 31.3 Å². The molecule has 7 heteroatoms. The zero-order valence-electron chi connectivity index (χ0n) is 13.7. The van der Waals surface area contributed by atoms with Crippen molar-refractivity contribution in [3.63, 3.8) is 0 Å². The Morgan fingerprint density at radius 2 is 1.04 bits per heavy atom. The summed E-state index contributed by atoms with van der Waals surface area (Å²) in [6.07, 6.45) is 0. The van der Waals surface area contributed by atoms with Crippen molar-refractivity contribution in [1.29, 1.82) is 0 Å². The molecule has 0 aliphatic rings. The number of hydrogen-bond acceptors (Lipinski definition) is 3. The molecule has 1 heterocycles. The number of benzene rings is 2. The van der Waals surface area contributed by atoms with Crippen molar-refractivity contribution in [2.75, 3.05) is 0 Å². The van der Waals surface area contributed by atoms with Crippen LogP contribution in [0.15, 0.2) is 65.5 Å². The van der Waals surface area contributed by atoms with Crippen LogP contribution in [0.2, 0.25) is 0 Å². The van der Waals surface area contributed by atoms with E-state index >= 15 is 0 Å². The number of aromatic nitrogens is 2. The molecule has 0 amide bonds. The molecule has 0 spiro atoms. The van der Waals surface area contributed by atoms with Gasteiger partial charge < -0.3 is 10.2 Å². The van der Waals surface area contributed by atoms with Gasteiger partial charge in [-0.1, -0.05) is 60.7 Å². The van der Waals surface area contributed by atoms with Crippen LogP contribution in [0.4, 0.5) is 0 Å². The summed E-state index contributed by atoms with van der Waals surface area (Å²) in [6.45, 7) is -0.0489. The van der Waals surface area contributed by atoms with Gasteiger partial charge in [-0.05, 0) is 11.1 Å². The van der Waals surface area contributed by atoms with E-state index in [9.17, 15) is 24.6 Å². The summed E-state index contributed by atoms with van der Waals surface area (Å²) in [5.41, 5.74) is -0.325. The maximum atomic E-state index is 12.8. The van der Waals surface area contributed by atoms with E-state index in [1.165, 1.54) is 0 Å². The fourth-order valence-corrected chi connectivity index (χ4v) is 2.85. The quantitative estimate of drug-likeness (QED) is 0.708. The van der Waals surface area contributed by atoms with Gasteiger partial charge in [-0.25, -0.2) is 14.4 Å². The highest BCUT2D eigenvalue weighted by molar-refractivity contribution is 5.99. The maximum Gasteiger partial charge on any atom is 0.355 e. The Morgan fingerprint density at radius 3 is 1.35 bits per heavy atom. The van der Waals surface area contributed by atoms with Crippen molar-refractivity contribution in [3.8, 4) is 0 Å². The van der Waals surface area contributed by atoms with E-state index in [4.69, 9.17) is 0 Å². The van der Waals surface area contributed by atoms with Gasteiger partial charge in [0, 0.05) is 0 Å². The summed E-state index contributed by atoms with van der Waals surface area (Å²) in [5.74, 6) is -2.91. The molecule has 0 fully saturated rings. The van der Waals surface area contributed by atoms with Crippen LogP contribution in [0.3, 0.4) is 0 Å². The largest absolute Gasteiger partial charge is 0.476 e. The lowest BCUT2D eigenvalue weighted by Gasteiger charge is -2.04. The highest BCUT2D eigenvalue weighted by Crippen LogP contribution is 2.14. The molecule has 0 aliphatic heterocycles. The van der Waals surface area contributed by atoms with Gasteiger partial charge in [0.05, 0.1) is 13.1 Å². The van der Waals surface area contributed by atoms with E-state index in [1.54, 1.807) is 60.7 Å². The second-order valence-electron chi connectivity index (χ2n) is 5.73. The molecule has 3 rings (SSSR count). The SMILES string of the molecule is O=C(O)c1c(C(=O)O)n(Cc2ccccc2)c(=O)n1Cc1ccccc1. The molecule has 132 valence electrons. The number of aromatic carboxylic acids is 2. The van der Waals surface area contributed by atoms with Gasteiger partial charge in [0.1, 0.15) is 0 Å². The number of hydrogen-bond donors (Lipinski definition) is 2. The average molecular weight is 352 g/mol. The third-order valence-electron chi connectivity index (χ3n) is 4.00. The normalized spacial score (nSPS) is 10.6. The summed E-state index contributed by atoms with van der Waals surface area (Å²) in [4.78, 5) is 36.3. The summed E-state index contributed by atoms with van der Waals surface area (Å²) in [5, 5.41) is 19.1. The highest BCUT2D eigenvalue weighted by Gasteiger charge is 2.29. The van der Waals surface area contributed by atoms with E-state index in [1.807, 2.05) is 0 Å². The molecule has 26 heavy (non-hydrogen) atoms. The van der Waals surface area contributed by atoms with Crippen LogP contribution in [0, 0.1) is 0 Å². The molecule has 0 unspecified atom stereocenters. The third kappa shape index (κ3) is 3.27. The highest BCUT2D eigenvalue weighted by atomic mass is 16.4. The number of rotatable bonds is 6. The summed E-state index contributed by atoms with van der Waals surface area (Å²) in [7, 11) is 0. The van der Waals surface area contributed by atoms with Crippen molar-refractivity contribution in [1.82, 2.24) is 9.13 Å². The molecule has 0 saturated carbocycles. The molecule has 2 N–H and O–H groups in total. The first kappa shape index (κ1) is 17.2. The molecule has 1 aromatic heterocycles. The van der Waals surface area contributed by atoms with Crippen molar-refractivity contribution >= 4 is 11.9 Å². The van der Waals surface area contributed by atoms with Crippen LogP contribution in [-0.2, 0) is 13.1 Å². The first-order chi connectivity index (χ1) is 12.5. The Morgan fingerprint density at radius 1 is 0.692 bits per heavy atom. The van der Waals surface area contributed by atoms with Gasteiger partial charge in [0.15, 0.2) is 11.4 Å². The summed E-state index contributed by atoms with van der Waals surface area (Å²) in [6, 6.07) is 17.6. The number of carboxylic acids is 2. The fourth-order valence-electron chi connectivity index (χ4n) is 2.85. The van der Waals surface area contributed by atoms with Gasteiger partial charge in [-0.3, -0.25) is 9.13 Å². The van der Waals surface area contributed by atoms with E-state index in [0.717, 1.165) is 9.13 Å². The molecule has 0 saturated heterocycles. The van der Waals surface area contributed by atoms with E-state index in [0.29, 0.717) is 11.1 Å². The summed E-state index contributed by atoms with van der Waals surface area (Å²) >= 11 is 0. The molecule has 0 atom stereocenters. The predicted molar refractivity (Wildman–Crippen MR) is 93.7 cm³/mol. The van der Waals surface area contributed by atoms with Crippen molar-refractivity contribution < 1.29 is 19.8 Å². The first-order valence-corrected chi connectivity index (χ1v) is 7.86. The van der Waals surface area contributed by atoms with Crippen LogP contribution in [0.5, 0.6) is 0 Å². The van der Waals surface area contributed by atoms with Crippen LogP contribution < -0.4 is 5.69 Å². The minimum atomic E-state index is -1.46. The molecular weight excluding hydrogens is 336 g/mol. The van der Waals surface area contributed by atoms with Crippen molar-refractivity contribution in [2.24, 2.45) is 0 Å². The van der Waals surface area contributed by atoms with Crippen molar-refractivity contribution in [2.45, 2.75) is 13.1 Å². The molecule has 2 aromatic carbocycles. The minimum absolute atomic E-state index is 0.0244. The minimum Gasteiger partial charge on any atom is -0.476 e. The molecule has 3 aromatic rings. The molecule has 0 radical (unpaired) electrons. The van der Waals surface area contributed by atoms with Gasteiger partial charge in [0.2, 0.25) is 0 Å². The van der Waals surface area contributed by atoms with Gasteiger partial charge >= 0.3 is 17.6 Å². The van der Waals surface area contributed by atoms with Crippen LogP contribution in [0.25, 0.3) is 0 Å². The van der Waals surface area contributed by atoms with E-state index in [2.05, 4.69) is 0 Å². The number of carboxylic acid groups (broad SMARTS) is 2. The zero-order valence-corrected chi connectivity index (χ0v) is 13.7. The lowest BCUT2D eigenvalue weighted by atomic mass is 10.2. The third-order valence-corrected chi connectivity index (χ3v) is 4.00. The number of imidazole rings is 1. The average Bonchev–Trinajstić information content (AvgIpc) is 2.90. The van der Waals surface area contributed by atoms with Gasteiger partial charge in [-0.15, -0.1) is 0 Å². The van der Waals surface area contributed by atoms with E-state index < -0.39 is 29.0 Å². The zero-order chi connectivity index (χ0) is 18.7. The fraction of sp³-hybridized carbons (Fsp3) is 0.105. The second-order valence-corrected chi connectivity index (χ2v) is 5.73. The van der Waals surface area contributed by atoms with E-state index in [-0.39, 0.29) is 13.1 Å². The Kier molecular flexibility index (Phi) is 4.70. The molecule has 0 aliphatic carbocycles. The summed E-state index contributed by atoms with van der Waals surface area (Å²) < 4.78 is 1.98. The molecule has 0 bridgehead atoms. The van der Waals surface area contributed by atoms with Crippen molar-refractivity contribution in [3.05, 3.63) is 93.7 Å².